The Balaban J connectivity index is 1.45. The normalized spacial score (nSPS) is 44.6. The van der Waals surface area contributed by atoms with E-state index in [4.69, 9.17) is 0 Å². The van der Waals surface area contributed by atoms with E-state index in [1.165, 1.54) is 82.6 Å². The van der Waals surface area contributed by atoms with E-state index in [2.05, 4.69) is 39.3 Å². The first-order valence-corrected chi connectivity index (χ1v) is 13.9. The maximum atomic E-state index is 10.6. The van der Waals surface area contributed by atoms with Gasteiger partial charge in [0.05, 0.1) is 0 Å². The summed E-state index contributed by atoms with van der Waals surface area (Å²) in [4.78, 5) is 10.6. The second-order valence-electron chi connectivity index (χ2n) is 12.9. The van der Waals surface area contributed by atoms with Crippen LogP contribution in [0.15, 0.2) is 0 Å². The van der Waals surface area contributed by atoms with Crippen LogP contribution in [0.25, 0.3) is 0 Å². The van der Waals surface area contributed by atoms with Gasteiger partial charge in [-0.1, -0.05) is 47.5 Å². The van der Waals surface area contributed by atoms with Crippen LogP contribution < -0.4 is 4.72 Å². The number of fused-ring (bicyclic) bond motifs is 5. The Bertz CT molecular complexity index is 620. The van der Waals surface area contributed by atoms with Crippen LogP contribution in [0, 0.1) is 51.8 Å². The Labute approximate surface area is 190 Å². The third-order valence-corrected chi connectivity index (χ3v) is 11.8. The molecule has 30 heavy (non-hydrogen) atoms. The Morgan fingerprint density at radius 1 is 1.00 bits per heavy atom. The van der Waals surface area contributed by atoms with Gasteiger partial charge in [0.15, 0.2) is 5.62 Å². The van der Waals surface area contributed by atoms with Gasteiger partial charge in [0.25, 0.3) is 0 Å². The minimum atomic E-state index is 0.322. The molecular formula is C27H47NOS. The first-order valence-electron chi connectivity index (χ1n) is 13.0. The molecule has 0 heterocycles. The maximum absolute atomic E-state index is 10.6. The number of carbonyl (C=O) groups excluding carboxylic acids is 1. The Hall–Kier alpha value is -0.0200. The number of carbonyl (C=O) groups is 1. The molecular weight excluding hydrogens is 386 g/mol. The Morgan fingerprint density at radius 3 is 2.53 bits per heavy atom. The van der Waals surface area contributed by atoms with Gasteiger partial charge in [-0.3, -0.25) is 9.52 Å². The second-order valence-corrected chi connectivity index (χ2v) is 13.6. The summed E-state index contributed by atoms with van der Waals surface area (Å²) < 4.78 is 3.25. The first-order chi connectivity index (χ1) is 14.2. The number of rotatable bonds is 7. The van der Waals surface area contributed by atoms with Crippen molar-refractivity contribution in [3.05, 3.63) is 0 Å². The summed E-state index contributed by atoms with van der Waals surface area (Å²) in [6, 6.07) is 0. The molecule has 2 nitrogen and oxygen atoms in total. The van der Waals surface area contributed by atoms with E-state index in [0.29, 0.717) is 22.2 Å². The molecule has 0 spiro atoms. The molecule has 0 aromatic rings. The molecule has 8 unspecified atom stereocenters. The largest absolute Gasteiger partial charge is 0.290 e. The van der Waals surface area contributed by atoms with Crippen LogP contribution in [0.3, 0.4) is 0 Å². The van der Waals surface area contributed by atoms with E-state index < -0.39 is 0 Å². The van der Waals surface area contributed by atoms with Gasteiger partial charge in [0, 0.05) is 6.54 Å². The molecule has 4 aliphatic rings. The summed E-state index contributed by atoms with van der Waals surface area (Å²) in [7, 11) is 0. The predicted octanol–water partition coefficient (Wildman–Crippen LogP) is 7.52. The molecule has 1 N–H and O–H groups in total. The van der Waals surface area contributed by atoms with E-state index >= 15 is 0 Å². The zero-order valence-electron chi connectivity index (χ0n) is 20.3. The van der Waals surface area contributed by atoms with Gasteiger partial charge >= 0.3 is 0 Å². The average molecular weight is 434 g/mol. The topological polar surface area (TPSA) is 29.1 Å². The molecule has 4 aliphatic carbocycles. The third kappa shape index (κ3) is 3.93. The van der Waals surface area contributed by atoms with Crippen LogP contribution in [0.1, 0.15) is 105 Å². The summed E-state index contributed by atoms with van der Waals surface area (Å²) in [6.07, 6.45) is 16.4. The second kappa shape index (κ2) is 8.73. The number of hydrogen-bond acceptors (Lipinski definition) is 3. The molecule has 172 valence electrons. The van der Waals surface area contributed by atoms with Crippen molar-refractivity contribution in [2.24, 2.45) is 51.8 Å². The summed E-state index contributed by atoms with van der Waals surface area (Å²) in [6.45, 7) is 13.6. The zero-order valence-corrected chi connectivity index (χ0v) is 21.2. The van der Waals surface area contributed by atoms with Crippen molar-refractivity contribution in [2.45, 2.75) is 105 Å². The summed E-state index contributed by atoms with van der Waals surface area (Å²) in [5, 5.41) is 0. The lowest BCUT2D eigenvalue weighted by Gasteiger charge is -2.61. The van der Waals surface area contributed by atoms with Crippen molar-refractivity contribution >= 4 is 17.6 Å². The first kappa shape index (κ1) is 23.1. The van der Waals surface area contributed by atoms with E-state index in [1.807, 2.05) is 0 Å². The van der Waals surface area contributed by atoms with Gasteiger partial charge in [-0.25, -0.2) is 0 Å². The molecule has 3 heteroatoms. The van der Waals surface area contributed by atoms with Crippen molar-refractivity contribution in [1.29, 1.82) is 0 Å². The highest BCUT2D eigenvalue weighted by Gasteiger charge is 2.59. The van der Waals surface area contributed by atoms with Crippen molar-refractivity contribution in [2.75, 3.05) is 6.54 Å². The summed E-state index contributed by atoms with van der Waals surface area (Å²) in [5.74, 6) is 5.52. The van der Waals surface area contributed by atoms with Crippen molar-refractivity contribution in [1.82, 2.24) is 4.72 Å². The quantitative estimate of drug-likeness (QED) is 0.256. The predicted molar refractivity (Wildman–Crippen MR) is 130 cm³/mol. The Kier molecular flexibility index (Phi) is 6.74. The molecule has 0 aromatic carbocycles. The average Bonchev–Trinajstić information content (AvgIpc) is 3.03. The highest BCUT2D eigenvalue weighted by Crippen LogP contribution is 2.68. The molecule has 0 saturated heterocycles. The van der Waals surface area contributed by atoms with E-state index in [1.54, 1.807) is 0 Å². The number of hydrogen-bond donors (Lipinski definition) is 1. The van der Waals surface area contributed by atoms with Crippen LogP contribution in [0.5, 0.6) is 0 Å². The molecule has 0 aromatic heterocycles. The molecule has 4 saturated carbocycles. The van der Waals surface area contributed by atoms with Gasteiger partial charge < -0.3 is 0 Å². The van der Waals surface area contributed by atoms with Gasteiger partial charge in [0.1, 0.15) is 0 Å². The molecule has 8 atom stereocenters. The minimum absolute atomic E-state index is 0.322. The molecule has 0 bridgehead atoms. The van der Waals surface area contributed by atoms with Crippen molar-refractivity contribution < 1.29 is 4.79 Å². The summed E-state index contributed by atoms with van der Waals surface area (Å²) in [5.41, 5.74) is 2.46. The minimum Gasteiger partial charge on any atom is -0.290 e. The van der Waals surface area contributed by atoms with Crippen LogP contribution in [-0.4, -0.2) is 12.2 Å². The molecule has 0 aliphatic heterocycles. The standard InChI is InChI=1S/C27H47NOS/c1-19(17-28-30-18-29)25(2,3)16-21-10-12-23-22-11-9-20-8-6-7-14-26(20,4)24(22)13-15-27(21,23)5/h18-24,28H,6-17H2,1-5H3. The maximum Gasteiger partial charge on any atom is 0.191 e. The lowest BCUT2D eigenvalue weighted by atomic mass is 9.44. The molecule has 0 radical (unpaired) electrons. The highest BCUT2D eigenvalue weighted by molar-refractivity contribution is 8.10. The number of nitrogens with one attached hydrogen (secondary N) is 1. The van der Waals surface area contributed by atoms with E-state index in [9.17, 15) is 4.79 Å². The fourth-order valence-corrected chi connectivity index (χ4v) is 9.47. The monoisotopic (exact) mass is 433 g/mol. The van der Waals surface area contributed by atoms with Gasteiger partial charge in [-0.05, 0) is 121 Å². The third-order valence-electron chi connectivity index (χ3n) is 11.4. The van der Waals surface area contributed by atoms with Crippen LogP contribution in [0.2, 0.25) is 0 Å². The highest BCUT2D eigenvalue weighted by atomic mass is 32.2. The lowest BCUT2D eigenvalue weighted by molar-refractivity contribution is -0.113. The smallest absolute Gasteiger partial charge is 0.191 e. The van der Waals surface area contributed by atoms with E-state index in [0.717, 1.165) is 41.8 Å². The van der Waals surface area contributed by atoms with Crippen LogP contribution >= 0.6 is 11.9 Å². The van der Waals surface area contributed by atoms with Gasteiger partial charge in [0.2, 0.25) is 0 Å². The lowest BCUT2D eigenvalue weighted by Crippen LogP contribution is -2.53. The van der Waals surface area contributed by atoms with Gasteiger partial charge in [-0.15, -0.1) is 0 Å². The fourth-order valence-electron chi connectivity index (χ4n) is 9.06. The van der Waals surface area contributed by atoms with Crippen molar-refractivity contribution in [3.8, 4) is 0 Å². The van der Waals surface area contributed by atoms with Crippen molar-refractivity contribution in [3.63, 3.8) is 0 Å². The molecule has 4 fully saturated rings. The SMILES string of the molecule is CC(CNSC=O)C(C)(C)CC1CCC2C3CCC4CCCCC4(C)C3CCC12C. The zero-order chi connectivity index (χ0) is 21.6. The van der Waals surface area contributed by atoms with E-state index in [-0.39, 0.29) is 0 Å². The molecule has 4 rings (SSSR count). The Morgan fingerprint density at radius 2 is 1.77 bits per heavy atom. The van der Waals surface area contributed by atoms with Gasteiger partial charge in [-0.2, -0.15) is 0 Å². The fraction of sp³-hybridized carbons (Fsp3) is 0.963. The van der Waals surface area contributed by atoms with Crippen LogP contribution in [0.4, 0.5) is 0 Å². The molecule has 0 amide bonds. The van der Waals surface area contributed by atoms with Crippen LogP contribution in [-0.2, 0) is 4.79 Å². The summed E-state index contributed by atoms with van der Waals surface area (Å²) >= 11 is 1.20.